The molecule has 0 spiro atoms. The topological polar surface area (TPSA) is 75.7 Å². The predicted octanol–water partition coefficient (Wildman–Crippen LogP) is 4.73. The smallest absolute Gasteiger partial charge is 0.265 e. The second-order valence-corrected chi connectivity index (χ2v) is 9.37. The largest absolute Gasteiger partial charge is 0.495 e. The molecular formula is C23H21ClN2O4S. The maximum Gasteiger partial charge on any atom is 0.265 e. The molecule has 160 valence electrons. The number of hydrogen-bond acceptors (Lipinski definition) is 4. The van der Waals surface area contributed by atoms with Crippen LogP contribution in [0.15, 0.2) is 65.6 Å². The van der Waals surface area contributed by atoms with E-state index in [-0.39, 0.29) is 11.4 Å². The Kier molecular flexibility index (Phi) is 5.64. The first-order valence-corrected chi connectivity index (χ1v) is 11.6. The molecule has 1 aliphatic heterocycles. The van der Waals surface area contributed by atoms with E-state index in [9.17, 15) is 13.2 Å². The summed E-state index contributed by atoms with van der Waals surface area (Å²) in [7, 11) is -2.43. The molecule has 4 rings (SSSR count). The van der Waals surface area contributed by atoms with Crippen LogP contribution in [-0.2, 0) is 21.2 Å². The van der Waals surface area contributed by atoms with Crippen LogP contribution in [0, 0.1) is 0 Å². The van der Waals surface area contributed by atoms with Gasteiger partial charge in [-0.2, -0.15) is 0 Å². The summed E-state index contributed by atoms with van der Waals surface area (Å²) in [6.45, 7) is 1.65. The number of carbonyl (C=O) groups excluding carboxylic acids is 1. The lowest BCUT2D eigenvalue weighted by molar-refractivity contribution is -0.114. The highest BCUT2D eigenvalue weighted by Crippen LogP contribution is 2.43. The normalized spacial score (nSPS) is 13.8. The van der Waals surface area contributed by atoms with E-state index in [1.165, 1.54) is 7.11 Å². The minimum atomic E-state index is -3.91. The third-order valence-electron chi connectivity index (χ3n) is 5.21. The quantitative estimate of drug-likeness (QED) is 0.602. The Balaban J connectivity index is 1.74. The van der Waals surface area contributed by atoms with Crippen molar-refractivity contribution in [3.05, 3.63) is 71.2 Å². The highest BCUT2D eigenvalue weighted by Gasteiger charge is 2.36. The number of carbonyl (C=O) groups is 1. The second-order valence-electron chi connectivity index (χ2n) is 7.11. The summed E-state index contributed by atoms with van der Waals surface area (Å²) in [5, 5.41) is 3.13. The van der Waals surface area contributed by atoms with E-state index < -0.39 is 15.9 Å². The number of ether oxygens (including phenoxy) is 1. The van der Waals surface area contributed by atoms with Gasteiger partial charge in [0, 0.05) is 16.1 Å². The summed E-state index contributed by atoms with van der Waals surface area (Å²) in [6, 6.07) is 17.3. The molecule has 0 saturated heterocycles. The molecule has 31 heavy (non-hydrogen) atoms. The summed E-state index contributed by atoms with van der Waals surface area (Å²) in [6.07, 6.45) is 0.817. The Morgan fingerprint density at radius 3 is 2.58 bits per heavy atom. The van der Waals surface area contributed by atoms with E-state index in [0.29, 0.717) is 27.7 Å². The fraction of sp³-hybridized carbons (Fsp3) is 0.174. The minimum Gasteiger partial charge on any atom is -0.495 e. The number of aryl methyl sites for hydroxylation is 1. The first-order chi connectivity index (χ1) is 14.8. The number of sulfonamides is 1. The minimum absolute atomic E-state index is 0.184. The van der Waals surface area contributed by atoms with Crippen molar-refractivity contribution in [3.63, 3.8) is 0 Å². The monoisotopic (exact) mass is 456 g/mol. The van der Waals surface area contributed by atoms with E-state index in [0.717, 1.165) is 21.9 Å². The number of amides is 1. The predicted molar refractivity (Wildman–Crippen MR) is 122 cm³/mol. The first-order valence-electron chi connectivity index (χ1n) is 9.73. The number of hydrogen-bond donors (Lipinski definition) is 1. The van der Waals surface area contributed by atoms with Crippen LogP contribution >= 0.6 is 11.6 Å². The molecule has 1 amide bonds. The van der Waals surface area contributed by atoms with Crippen molar-refractivity contribution in [2.45, 2.75) is 18.2 Å². The summed E-state index contributed by atoms with van der Waals surface area (Å²) in [5.74, 6) is -0.0772. The Labute approximate surface area is 186 Å². The van der Waals surface area contributed by atoms with Crippen molar-refractivity contribution in [1.29, 1.82) is 0 Å². The van der Waals surface area contributed by atoms with Crippen LogP contribution in [-0.4, -0.2) is 28.0 Å². The van der Waals surface area contributed by atoms with E-state index >= 15 is 0 Å². The number of halogens is 1. The van der Waals surface area contributed by atoms with Gasteiger partial charge in [0.15, 0.2) is 0 Å². The van der Waals surface area contributed by atoms with Gasteiger partial charge in [-0.25, -0.2) is 8.42 Å². The number of anilines is 2. The van der Waals surface area contributed by atoms with Crippen LogP contribution in [0.3, 0.4) is 0 Å². The molecule has 1 heterocycles. The molecule has 0 atom stereocenters. The number of rotatable bonds is 5. The molecule has 0 radical (unpaired) electrons. The molecule has 0 bridgehead atoms. The SMILES string of the molecule is CCc1ccc2c(c1)-c1ccccc1S(=O)(=O)N2CC(=O)Nc1cc(Cl)ccc1OC. The highest BCUT2D eigenvalue weighted by atomic mass is 35.5. The van der Waals surface area contributed by atoms with E-state index in [1.807, 2.05) is 25.1 Å². The molecule has 0 saturated carbocycles. The lowest BCUT2D eigenvalue weighted by atomic mass is 9.99. The highest BCUT2D eigenvalue weighted by molar-refractivity contribution is 7.93. The van der Waals surface area contributed by atoms with Gasteiger partial charge in [-0.3, -0.25) is 9.10 Å². The summed E-state index contributed by atoms with van der Waals surface area (Å²) in [5.41, 5.74) is 3.36. The summed E-state index contributed by atoms with van der Waals surface area (Å²) < 4.78 is 33.2. The Morgan fingerprint density at radius 1 is 1.06 bits per heavy atom. The third kappa shape index (κ3) is 3.86. The van der Waals surface area contributed by atoms with Crippen molar-refractivity contribution in [3.8, 4) is 16.9 Å². The number of fused-ring (bicyclic) bond motifs is 3. The molecule has 3 aromatic rings. The Hall–Kier alpha value is -3.03. The summed E-state index contributed by atoms with van der Waals surface area (Å²) >= 11 is 6.03. The van der Waals surface area contributed by atoms with Gasteiger partial charge in [-0.05, 0) is 48.4 Å². The third-order valence-corrected chi connectivity index (χ3v) is 7.26. The molecule has 0 fully saturated rings. The van der Waals surface area contributed by atoms with Gasteiger partial charge >= 0.3 is 0 Å². The van der Waals surface area contributed by atoms with Crippen molar-refractivity contribution in [1.82, 2.24) is 0 Å². The van der Waals surface area contributed by atoms with Gasteiger partial charge in [0.25, 0.3) is 10.0 Å². The molecule has 0 aliphatic carbocycles. The van der Waals surface area contributed by atoms with Crippen LogP contribution in [0.2, 0.25) is 5.02 Å². The average Bonchev–Trinajstić information content (AvgIpc) is 2.76. The molecule has 8 heteroatoms. The fourth-order valence-electron chi connectivity index (χ4n) is 3.67. The van der Waals surface area contributed by atoms with Crippen LogP contribution in [0.5, 0.6) is 5.75 Å². The molecule has 3 aromatic carbocycles. The Bertz CT molecular complexity index is 1270. The number of methoxy groups -OCH3 is 1. The van der Waals surface area contributed by atoms with Gasteiger partial charge in [0.2, 0.25) is 5.91 Å². The van der Waals surface area contributed by atoms with E-state index in [1.54, 1.807) is 42.5 Å². The van der Waals surface area contributed by atoms with Crippen molar-refractivity contribution in [2.24, 2.45) is 0 Å². The van der Waals surface area contributed by atoms with Crippen LogP contribution in [0.1, 0.15) is 12.5 Å². The maximum absolute atomic E-state index is 13.4. The van der Waals surface area contributed by atoms with E-state index in [4.69, 9.17) is 16.3 Å². The molecule has 1 aliphatic rings. The number of nitrogens with zero attached hydrogens (tertiary/aromatic N) is 1. The Morgan fingerprint density at radius 2 is 1.84 bits per heavy atom. The lowest BCUT2D eigenvalue weighted by Crippen LogP contribution is -2.40. The van der Waals surface area contributed by atoms with Crippen molar-refractivity contribution >= 4 is 38.9 Å². The zero-order chi connectivity index (χ0) is 22.2. The zero-order valence-corrected chi connectivity index (χ0v) is 18.6. The summed E-state index contributed by atoms with van der Waals surface area (Å²) in [4.78, 5) is 13.1. The number of benzene rings is 3. The van der Waals surface area contributed by atoms with E-state index in [2.05, 4.69) is 5.32 Å². The second kappa shape index (κ2) is 8.24. The zero-order valence-electron chi connectivity index (χ0n) is 17.1. The molecule has 0 unspecified atom stereocenters. The standard InChI is InChI=1S/C23H21ClN2O4S/c1-3-15-8-10-20-18(12-15)17-6-4-5-7-22(17)31(28,29)26(20)14-23(27)25-19-13-16(24)9-11-21(19)30-2/h4-13H,3,14H2,1-2H3,(H,25,27). The van der Waals surface area contributed by atoms with Gasteiger partial charge in [-0.1, -0.05) is 42.8 Å². The first kappa shape index (κ1) is 21.2. The van der Waals surface area contributed by atoms with Gasteiger partial charge in [0.1, 0.15) is 12.3 Å². The molecule has 1 N–H and O–H groups in total. The van der Waals surface area contributed by atoms with Crippen molar-refractivity contribution < 1.29 is 17.9 Å². The van der Waals surface area contributed by atoms with Gasteiger partial charge in [-0.15, -0.1) is 0 Å². The number of nitrogens with one attached hydrogen (secondary N) is 1. The average molecular weight is 457 g/mol. The fourth-order valence-corrected chi connectivity index (χ4v) is 5.49. The van der Waals surface area contributed by atoms with Crippen LogP contribution < -0.4 is 14.4 Å². The molecular weight excluding hydrogens is 436 g/mol. The maximum atomic E-state index is 13.4. The van der Waals surface area contributed by atoms with Crippen LogP contribution in [0.25, 0.3) is 11.1 Å². The van der Waals surface area contributed by atoms with Gasteiger partial charge in [0.05, 0.1) is 23.4 Å². The molecule has 6 nitrogen and oxygen atoms in total. The lowest BCUT2D eigenvalue weighted by Gasteiger charge is -2.32. The van der Waals surface area contributed by atoms with Crippen LogP contribution in [0.4, 0.5) is 11.4 Å². The van der Waals surface area contributed by atoms with Crippen molar-refractivity contribution in [2.75, 3.05) is 23.3 Å². The van der Waals surface area contributed by atoms with Gasteiger partial charge < -0.3 is 10.1 Å². The molecule has 0 aromatic heterocycles.